The van der Waals surface area contributed by atoms with E-state index in [0.717, 1.165) is 40.9 Å². The molecule has 2 aliphatic heterocycles. The van der Waals surface area contributed by atoms with Gasteiger partial charge in [-0.2, -0.15) is 0 Å². The largest absolute Gasteiger partial charge is 0.507 e. The van der Waals surface area contributed by atoms with E-state index in [9.17, 15) is 24.8 Å². The Labute approximate surface area is 215 Å². The number of fused-ring (bicyclic) bond motifs is 3. The number of ether oxygens (including phenoxy) is 1. The van der Waals surface area contributed by atoms with Crippen LogP contribution in [0.5, 0.6) is 5.75 Å². The van der Waals surface area contributed by atoms with Crippen LogP contribution >= 0.6 is 0 Å². The lowest BCUT2D eigenvalue weighted by Gasteiger charge is -2.31. The Morgan fingerprint density at radius 1 is 1.16 bits per heavy atom. The second-order valence-electron chi connectivity index (χ2n) is 10.1. The minimum Gasteiger partial charge on any atom is -0.507 e. The van der Waals surface area contributed by atoms with Gasteiger partial charge in [0.2, 0.25) is 11.8 Å². The molecule has 0 bridgehead atoms. The molecule has 2 heterocycles. The number of carbonyl (C=O) groups excluding carboxylic acids is 2. The van der Waals surface area contributed by atoms with E-state index in [4.69, 9.17) is 4.74 Å². The van der Waals surface area contributed by atoms with Crippen molar-refractivity contribution in [2.45, 2.75) is 45.6 Å². The second-order valence-corrected chi connectivity index (χ2v) is 10.1. The summed E-state index contributed by atoms with van der Waals surface area (Å²) in [5.74, 6) is -1.49. The first-order chi connectivity index (χ1) is 17.8. The lowest BCUT2D eigenvalue weighted by Crippen LogP contribution is -2.34. The highest BCUT2D eigenvalue weighted by atomic mass is 16.6. The number of hydrogen-bond acceptors (Lipinski definition) is 6. The SMILES string of the molecule is CCC1=C2[C@@H](CC/C(C)=C/c3ccccc3O)OC[C@@H]2[C@@H]2C(=O)N(c3cccc([N+](=O)[O-])c3)C(=O)[C@@H]2C1. The number of nitro benzene ring substituents is 1. The molecule has 3 aliphatic rings. The zero-order valence-electron chi connectivity index (χ0n) is 20.9. The fraction of sp³-hybridized carbons (Fsp3) is 0.379. The summed E-state index contributed by atoms with van der Waals surface area (Å²) in [6.45, 7) is 4.48. The summed E-state index contributed by atoms with van der Waals surface area (Å²) in [5, 5.41) is 21.3. The second kappa shape index (κ2) is 9.94. The van der Waals surface area contributed by atoms with Crippen molar-refractivity contribution >= 4 is 29.3 Å². The van der Waals surface area contributed by atoms with Crippen LogP contribution in [0.4, 0.5) is 11.4 Å². The highest BCUT2D eigenvalue weighted by Crippen LogP contribution is 2.51. The summed E-state index contributed by atoms with van der Waals surface area (Å²) in [5.41, 5.74) is 4.32. The molecular formula is C29H30N2O6. The number of aromatic hydroxyl groups is 1. The number of carbonyl (C=O) groups is 2. The van der Waals surface area contributed by atoms with Crippen LogP contribution in [0, 0.1) is 27.9 Å². The maximum atomic E-state index is 13.6. The lowest BCUT2D eigenvalue weighted by molar-refractivity contribution is -0.384. The van der Waals surface area contributed by atoms with Gasteiger partial charge in [0, 0.05) is 23.6 Å². The van der Waals surface area contributed by atoms with Crippen LogP contribution in [0.15, 0.2) is 65.3 Å². The highest BCUT2D eigenvalue weighted by molar-refractivity contribution is 6.22. The van der Waals surface area contributed by atoms with Gasteiger partial charge in [0.15, 0.2) is 0 Å². The van der Waals surface area contributed by atoms with Crippen molar-refractivity contribution in [3.05, 3.63) is 80.9 Å². The minimum absolute atomic E-state index is 0.122. The molecule has 2 amide bonds. The van der Waals surface area contributed by atoms with Crippen LogP contribution in [-0.4, -0.2) is 34.6 Å². The van der Waals surface area contributed by atoms with E-state index in [-0.39, 0.29) is 41.0 Å². The van der Waals surface area contributed by atoms with Gasteiger partial charge in [0.1, 0.15) is 5.75 Å². The number of nitro groups is 1. The first-order valence-corrected chi connectivity index (χ1v) is 12.7. The van der Waals surface area contributed by atoms with Gasteiger partial charge >= 0.3 is 0 Å². The van der Waals surface area contributed by atoms with Crippen molar-refractivity contribution in [3.63, 3.8) is 0 Å². The first-order valence-electron chi connectivity index (χ1n) is 12.7. The summed E-state index contributed by atoms with van der Waals surface area (Å²) in [6, 6.07) is 12.9. The molecule has 4 atom stereocenters. The third-order valence-corrected chi connectivity index (χ3v) is 7.87. The number of hydrogen-bond donors (Lipinski definition) is 1. The monoisotopic (exact) mass is 502 g/mol. The average molecular weight is 503 g/mol. The number of para-hydroxylation sites is 1. The van der Waals surface area contributed by atoms with Gasteiger partial charge in [-0.3, -0.25) is 19.7 Å². The Morgan fingerprint density at radius 3 is 2.68 bits per heavy atom. The van der Waals surface area contributed by atoms with Gasteiger partial charge < -0.3 is 9.84 Å². The van der Waals surface area contributed by atoms with E-state index in [1.165, 1.54) is 23.8 Å². The molecule has 5 rings (SSSR count). The van der Waals surface area contributed by atoms with E-state index < -0.39 is 16.8 Å². The van der Waals surface area contributed by atoms with Crippen LogP contribution in [-0.2, 0) is 14.3 Å². The third-order valence-electron chi connectivity index (χ3n) is 7.87. The molecule has 8 heteroatoms. The Morgan fingerprint density at radius 2 is 1.95 bits per heavy atom. The standard InChI is InChI=1S/C29H30N2O6/c1-3-18-14-22-27(29(34)30(28(22)33)20-8-6-9-21(15-20)31(35)36)23-16-37-25(26(18)23)12-11-17(2)13-19-7-4-5-10-24(19)32/h4-10,13,15,22-23,25,27,32H,3,11-12,14,16H2,1-2H3/b17-13+/t22-,23+,25-,27-/m1/s1. The molecule has 0 unspecified atom stereocenters. The molecule has 2 saturated heterocycles. The number of imide groups is 1. The Kier molecular flexibility index (Phi) is 6.69. The summed E-state index contributed by atoms with van der Waals surface area (Å²) >= 11 is 0. The topological polar surface area (TPSA) is 110 Å². The van der Waals surface area contributed by atoms with Crippen LogP contribution < -0.4 is 4.90 Å². The number of amides is 2. The van der Waals surface area contributed by atoms with Gasteiger partial charge in [-0.15, -0.1) is 0 Å². The van der Waals surface area contributed by atoms with Crippen molar-refractivity contribution in [1.29, 1.82) is 0 Å². The maximum absolute atomic E-state index is 13.6. The van der Waals surface area contributed by atoms with Gasteiger partial charge in [0.05, 0.1) is 35.2 Å². The lowest BCUT2D eigenvalue weighted by atomic mass is 9.69. The van der Waals surface area contributed by atoms with E-state index in [1.807, 2.05) is 25.1 Å². The van der Waals surface area contributed by atoms with Crippen molar-refractivity contribution in [1.82, 2.24) is 0 Å². The summed E-state index contributed by atoms with van der Waals surface area (Å²) in [6.07, 6.45) is 4.66. The normalized spacial score (nSPS) is 25.5. The molecule has 0 spiro atoms. The van der Waals surface area contributed by atoms with Crippen molar-refractivity contribution in [3.8, 4) is 5.75 Å². The molecule has 2 aromatic rings. The predicted molar refractivity (Wildman–Crippen MR) is 139 cm³/mol. The fourth-order valence-corrected chi connectivity index (χ4v) is 6.12. The van der Waals surface area contributed by atoms with Crippen LogP contribution in [0.3, 0.4) is 0 Å². The molecule has 192 valence electrons. The van der Waals surface area contributed by atoms with Gasteiger partial charge in [-0.25, -0.2) is 4.90 Å². The number of nitrogens with zero attached hydrogens (tertiary/aromatic N) is 2. The Hall–Kier alpha value is -3.78. The maximum Gasteiger partial charge on any atom is 0.271 e. The van der Waals surface area contributed by atoms with E-state index in [1.54, 1.807) is 18.2 Å². The predicted octanol–water partition coefficient (Wildman–Crippen LogP) is 5.42. The quantitative estimate of drug-likeness (QED) is 0.234. The minimum atomic E-state index is -0.526. The zero-order chi connectivity index (χ0) is 26.3. The fourth-order valence-electron chi connectivity index (χ4n) is 6.12. The molecule has 0 saturated carbocycles. The van der Waals surface area contributed by atoms with E-state index >= 15 is 0 Å². The highest BCUT2D eigenvalue weighted by Gasteiger charge is 2.57. The third kappa shape index (κ3) is 4.46. The molecule has 2 aromatic carbocycles. The molecule has 2 fully saturated rings. The van der Waals surface area contributed by atoms with Crippen molar-refractivity contribution in [2.24, 2.45) is 17.8 Å². The van der Waals surface area contributed by atoms with E-state index in [0.29, 0.717) is 13.0 Å². The number of benzene rings is 2. The number of anilines is 1. The number of phenols is 1. The summed E-state index contributed by atoms with van der Waals surface area (Å²) in [4.78, 5) is 38.9. The van der Waals surface area contributed by atoms with E-state index in [2.05, 4.69) is 6.92 Å². The molecule has 0 radical (unpaired) electrons. The molecule has 0 aromatic heterocycles. The molecule has 1 aliphatic carbocycles. The molecular weight excluding hydrogens is 472 g/mol. The van der Waals surface area contributed by atoms with Gasteiger partial charge in [0.25, 0.3) is 5.69 Å². The van der Waals surface area contributed by atoms with Crippen molar-refractivity contribution in [2.75, 3.05) is 11.5 Å². The average Bonchev–Trinajstić information content (AvgIpc) is 3.42. The number of rotatable bonds is 7. The van der Waals surface area contributed by atoms with Crippen molar-refractivity contribution < 1.29 is 24.4 Å². The smallest absolute Gasteiger partial charge is 0.271 e. The Balaban J connectivity index is 1.37. The number of allylic oxidation sites excluding steroid dienone is 2. The number of non-ortho nitro benzene ring substituents is 1. The summed E-state index contributed by atoms with van der Waals surface area (Å²) in [7, 11) is 0. The Bertz CT molecular complexity index is 1330. The first kappa shape index (κ1) is 24.9. The number of phenolic OH excluding ortho intramolecular Hbond substituents is 1. The molecule has 1 N–H and O–H groups in total. The molecule has 8 nitrogen and oxygen atoms in total. The van der Waals surface area contributed by atoms with Crippen LogP contribution in [0.25, 0.3) is 6.08 Å². The van der Waals surface area contributed by atoms with Crippen LogP contribution in [0.1, 0.15) is 45.1 Å². The van der Waals surface area contributed by atoms with Gasteiger partial charge in [-0.1, -0.05) is 48.4 Å². The van der Waals surface area contributed by atoms with Gasteiger partial charge in [-0.05, 0) is 50.3 Å². The summed E-state index contributed by atoms with van der Waals surface area (Å²) < 4.78 is 6.23. The zero-order valence-corrected chi connectivity index (χ0v) is 20.9. The van der Waals surface area contributed by atoms with Crippen LogP contribution in [0.2, 0.25) is 0 Å². The molecule has 37 heavy (non-hydrogen) atoms.